The van der Waals surface area contributed by atoms with Gasteiger partial charge in [0, 0.05) is 38.4 Å². The first-order chi connectivity index (χ1) is 11.5. The Labute approximate surface area is 146 Å². The lowest BCUT2D eigenvalue weighted by Crippen LogP contribution is -2.41. The van der Waals surface area contributed by atoms with E-state index in [1.54, 1.807) is 0 Å². The summed E-state index contributed by atoms with van der Waals surface area (Å²) >= 11 is 0. The maximum absolute atomic E-state index is 5.40. The highest BCUT2D eigenvalue weighted by atomic mass is 16.5. The number of ether oxygens (including phenoxy) is 1. The molecule has 136 valence electrons. The zero-order valence-electron chi connectivity index (χ0n) is 15.9. The molecule has 0 spiro atoms. The Balaban J connectivity index is 2.67. The van der Waals surface area contributed by atoms with Crippen LogP contribution in [0.15, 0.2) is 18.9 Å². The van der Waals surface area contributed by atoms with E-state index in [1.807, 2.05) is 40.2 Å². The third-order valence-electron chi connectivity index (χ3n) is 4.03. The quantitative estimate of drug-likeness (QED) is 0.361. The van der Waals surface area contributed by atoms with Gasteiger partial charge in [-0.15, -0.1) is 10.2 Å². The number of nitrogens with one attached hydrogen (secondary N) is 1. The molecule has 6 nitrogen and oxygen atoms in total. The molecule has 0 aromatic carbocycles. The first-order valence-electron chi connectivity index (χ1n) is 8.77. The van der Waals surface area contributed by atoms with Gasteiger partial charge in [-0.05, 0) is 27.3 Å². The summed E-state index contributed by atoms with van der Waals surface area (Å²) in [5.74, 6) is 1.93. The van der Waals surface area contributed by atoms with Crippen LogP contribution in [0.3, 0.4) is 0 Å². The fraction of sp³-hybridized carbons (Fsp3) is 0.667. The van der Waals surface area contributed by atoms with E-state index in [9.17, 15) is 0 Å². The van der Waals surface area contributed by atoms with Gasteiger partial charge in [-0.1, -0.05) is 26.0 Å². The van der Waals surface area contributed by atoms with Crippen LogP contribution in [0.4, 0.5) is 0 Å². The van der Waals surface area contributed by atoms with Crippen molar-refractivity contribution in [3.05, 3.63) is 30.5 Å². The highest BCUT2D eigenvalue weighted by Gasteiger charge is 2.12. The van der Waals surface area contributed by atoms with Crippen molar-refractivity contribution in [2.24, 2.45) is 7.05 Å². The SMILES string of the molecule is C=CC(N/C=C(\C)c1nnc(CCCC)n1C)N(C)CCOCC. The number of hydrogen-bond acceptors (Lipinski definition) is 5. The molecule has 6 heteroatoms. The number of aromatic nitrogens is 3. The van der Waals surface area contributed by atoms with Crippen LogP contribution in [0, 0.1) is 0 Å². The van der Waals surface area contributed by atoms with Crippen LogP contribution in [-0.4, -0.2) is 52.6 Å². The molecular weight excluding hydrogens is 302 g/mol. The van der Waals surface area contributed by atoms with Crippen molar-refractivity contribution in [2.75, 3.05) is 26.8 Å². The second-order valence-electron chi connectivity index (χ2n) is 5.95. The van der Waals surface area contributed by atoms with Gasteiger partial charge in [-0.3, -0.25) is 4.90 Å². The number of aryl methyl sites for hydroxylation is 1. The van der Waals surface area contributed by atoms with Gasteiger partial charge >= 0.3 is 0 Å². The van der Waals surface area contributed by atoms with E-state index in [2.05, 4.69) is 38.5 Å². The first kappa shape index (κ1) is 20.4. The number of rotatable bonds is 12. The summed E-state index contributed by atoms with van der Waals surface area (Å²) in [6.45, 7) is 12.4. The van der Waals surface area contributed by atoms with Crippen LogP contribution in [0.2, 0.25) is 0 Å². The molecular formula is C18H33N5O. The third kappa shape index (κ3) is 6.09. The fourth-order valence-corrected chi connectivity index (χ4v) is 2.40. The van der Waals surface area contributed by atoms with Crippen molar-refractivity contribution in [1.29, 1.82) is 0 Å². The van der Waals surface area contributed by atoms with Gasteiger partial charge in [0.2, 0.25) is 0 Å². The molecule has 1 unspecified atom stereocenters. The lowest BCUT2D eigenvalue weighted by molar-refractivity contribution is 0.111. The summed E-state index contributed by atoms with van der Waals surface area (Å²) in [4.78, 5) is 2.16. The highest BCUT2D eigenvalue weighted by Crippen LogP contribution is 2.12. The van der Waals surface area contributed by atoms with E-state index in [1.165, 1.54) is 0 Å². The summed E-state index contributed by atoms with van der Waals surface area (Å²) in [7, 11) is 4.07. The molecule has 1 N–H and O–H groups in total. The summed E-state index contributed by atoms with van der Waals surface area (Å²) in [5, 5.41) is 12.0. The Morgan fingerprint density at radius 3 is 2.79 bits per heavy atom. The normalized spacial score (nSPS) is 13.3. The zero-order valence-corrected chi connectivity index (χ0v) is 15.9. The predicted molar refractivity (Wildman–Crippen MR) is 99.5 cm³/mol. The summed E-state index contributed by atoms with van der Waals surface area (Å²) in [6, 6.07) is 0. The Hall–Kier alpha value is -1.66. The van der Waals surface area contributed by atoms with Crippen molar-refractivity contribution in [3.8, 4) is 0 Å². The van der Waals surface area contributed by atoms with Crippen molar-refractivity contribution < 1.29 is 4.74 Å². The molecule has 0 fully saturated rings. The molecule has 0 saturated carbocycles. The van der Waals surface area contributed by atoms with Gasteiger partial charge in [0.25, 0.3) is 0 Å². The number of likely N-dealkylation sites (N-methyl/N-ethyl adjacent to an activating group) is 1. The standard InChI is InChI=1S/C18H33N5O/c1-7-10-11-17-20-21-18(23(17)6)15(4)14-19-16(8-2)22(5)12-13-24-9-3/h8,14,16,19H,2,7,9-13H2,1,3-6H3/b15-14+. The molecule has 0 amide bonds. The minimum atomic E-state index is 0.0493. The molecule has 0 aliphatic rings. The summed E-state index contributed by atoms with van der Waals surface area (Å²) < 4.78 is 7.48. The summed E-state index contributed by atoms with van der Waals surface area (Å²) in [5.41, 5.74) is 1.05. The average molecular weight is 335 g/mol. The predicted octanol–water partition coefficient (Wildman–Crippen LogP) is 2.59. The van der Waals surface area contributed by atoms with Crippen molar-refractivity contribution >= 4 is 5.57 Å². The van der Waals surface area contributed by atoms with Crippen molar-refractivity contribution in [1.82, 2.24) is 25.0 Å². The van der Waals surface area contributed by atoms with Gasteiger partial charge in [-0.2, -0.15) is 0 Å². The Morgan fingerprint density at radius 1 is 1.42 bits per heavy atom. The minimum absolute atomic E-state index is 0.0493. The number of unbranched alkanes of at least 4 members (excludes halogenated alkanes) is 1. The smallest absolute Gasteiger partial charge is 0.160 e. The Morgan fingerprint density at radius 2 is 2.17 bits per heavy atom. The molecule has 24 heavy (non-hydrogen) atoms. The molecule has 1 atom stereocenters. The van der Waals surface area contributed by atoms with Gasteiger partial charge in [0.1, 0.15) is 5.82 Å². The van der Waals surface area contributed by atoms with Gasteiger partial charge in [-0.25, -0.2) is 0 Å². The van der Waals surface area contributed by atoms with Crippen LogP contribution in [-0.2, 0) is 18.2 Å². The molecule has 0 bridgehead atoms. The van der Waals surface area contributed by atoms with Crippen LogP contribution < -0.4 is 5.32 Å². The van der Waals surface area contributed by atoms with Crippen LogP contribution >= 0.6 is 0 Å². The third-order valence-corrected chi connectivity index (χ3v) is 4.03. The fourth-order valence-electron chi connectivity index (χ4n) is 2.40. The molecule has 0 aliphatic heterocycles. The van der Waals surface area contributed by atoms with Crippen LogP contribution in [0.1, 0.15) is 45.3 Å². The second-order valence-corrected chi connectivity index (χ2v) is 5.95. The van der Waals surface area contributed by atoms with Crippen LogP contribution in [0.5, 0.6) is 0 Å². The molecule has 0 radical (unpaired) electrons. The van der Waals surface area contributed by atoms with E-state index in [0.29, 0.717) is 6.61 Å². The van der Waals surface area contributed by atoms with Gasteiger partial charge in [0.05, 0.1) is 12.8 Å². The van der Waals surface area contributed by atoms with Crippen LogP contribution in [0.25, 0.3) is 5.57 Å². The molecule has 1 rings (SSSR count). The average Bonchev–Trinajstić information content (AvgIpc) is 2.94. The molecule has 1 aromatic rings. The Bertz CT molecular complexity index is 523. The monoisotopic (exact) mass is 335 g/mol. The topological polar surface area (TPSA) is 55.2 Å². The Kier molecular flexibility index (Phi) is 9.34. The molecule has 0 saturated heterocycles. The highest BCUT2D eigenvalue weighted by molar-refractivity contribution is 5.57. The molecule has 1 heterocycles. The number of nitrogens with zero attached hydrogens (tertiary/aromatic N) is 4. The molecule has 1 aromatic heterocycles. The van der Waals surface area contributed by atoms with E-state index < -0.39 is 0 Å². The summed E-state index contributed by atoms with van der Waals surface area (Å²) in [6.07, 6.45) is 7.18. The van der Waals surface area contributed by atoms with E-state index in [0.717, 1.165) is 49.6 Å². The van der Waals surface area contributed by atoms with Crippen molar-refractivity contribution in [2.45, 2.75) is 46.2 Å². The number of hydrogen-bond donors (Lipinski definition) is 1. The van der Waals surface area contributed by atoms with Gasteiger partial charge < -0.3 is 14.6 Å². The lowest BCUT2D eigenvalue weighted by atomic mass is 10.2. The minimum Gasteiger partial charge on any atom is -0.380 e. The van der Waals surface area contributed by atoms with E-state index >= 15 is 0 Å². The van der Waals surface area contributed by atoms with Gasteiger partial charge in [0.15, 0.2) is 5.82 Å². The zero-order chi connectivity index (χ0) is 17.9. The van der Waals surface area contributed by atoms with E-state index in [-0.39, 0.29) is 6.17 Å². The number of allylic oxidation sites excluding steroid dienone is 1. The maximum Gasteiger partial charge on any atom is 0.160 e. The maximum atomic E-state index is 5.40. The molecule has 0 aliphatic carbocycles. The first-order valence-corrected chi connectivity index (χ1v) is 8.77. The largest absolute Gasteiger partial charge is 0.380 e. The second kappa shape index (κ2) is 11.0. The van der Waals surface area contributed by atoms with E-state index in [4.69, 9.17) is 4.74 Å². The lowest BCUT2D eigenvalue weighted by Gasteiger charge is -2.25. The van der Waals surface area contributed by atoms with Crippen molar-refractivity contribution in [3.63, 3.8) is 0 Å².